The van der Waals surface area contributed by atoms with Gasteiger partial charge < -0.3 is 15.0 Å². The minimum atomic E-state index is -4.31. The van der Waals surface area contributed by atoms with E-state index < -0.39 is 28.5 Å². The number of nitrogens with zero attached hydrogens (tertiary/aromatic N) is 2. The van der Waals surface area contributed by atoms with E-state index in [0.29, 0.717) is 6.42 Å². The topological polar surface area (TPSA) is 96.0 Å². The highest BCUT2D eigenvalue weighted by Gasteiger charge is 2.36. The van der Waals surface area contributed by atoms with Crippen molar-refractivity contribution in [3.63, 3.8) is 0 Å². The van der Waals surface area contributed by atoms with Crippen molar-refractivity contribution in [3.05, 3.63) is 124 Å². The van der Waals surface area contributed by atoms with Crippen LogP contribution < -0.4 is 14.4 Å². The number of amides is 2. The van der Waals surface area contributed by atoms with Crippen molar-refractivity contribution in [1.82, 2.24) is 10.2 Å². The number of hydrogen-bond donors (Lipinski definition) is 1. The van der Waals surface area contributed by atoms with Gasteiger partial charge in [-0.3, -0.25) is 13.9 Å². The van der Waals surface area contributed by atoms with Gasteiger partial charge in [-0.05, 0) is 74.2 Å². The van der Waals surface area contributed by atoms with Crippen molar-refractivity contribution in [3.8, 4) is 5.75 Å². The lowest BCUT2D eigenvalue weighted by molar-refractivity contribution is -0.140. The highest BCUT2D eigenvalue weighted by Crippen LogP contribution is 2.35. The third-order valence-electron chi connectivity index (χ3n) is 8.17. The van der Waals surface area contributed by atoms with Gasteiger partial charge in [0, 0.05) is 24.0 Å². The van der Waals surface area contributed by atoms with Crippen molar-refractivity contribution in [2.45, 2.75) is 64.1 Å². The normalized spacial score (nSPS) is 12.6. The number of aryl methyl sites for hydroxylation is 2. The number of ether oxygens (including phenoxy) is 1. The summed E-state index contributed by atoms with van der Waals surface area (Å²) in [5.41, 5.74) is 3.62. The lowest BCUT2D eigenvalue weighted by Gasteiger charge is -2.35. The highest BCUT2D eigenvalue weighted by atomic mass is 35.5. The van der Waals surface area contributed by atoms with Gasteiger partial charge in [0.1, 0.15) is 18.3 Å². The Morgan fingerprint density at radius 3 is 2.21 bits per heavy atom. The number of nitrogens with one attached hydrogen (secondary N) is 1. The van der Waals surface area contributed by atoms with Gasteiger partial charge in [-0.25, -0.2) is 8.42 Å². The van der Waals surface area contributed by atoms with Crippen LogP contribution >= 0.6 is 11.6 Å². The van der Waals surface area contributed by atoms with Crippen LogP contribution in [0.25, 0.3) is 0 Å². The maximum Gasteiger partial charge on any atom is 0.264 e. The number of halogens is 1. The summed E-state index contributed by atoms with van der Waals surface area (Å²) >= 11 is 6.38. The largest absolute Gasteiger partial charge is 0.495 e. The first-order valence-corrected chi connectivity index (χ1v) is 17.4. The van der Waals surface area contributed by atoms with Crippen LogP contribution in [0.5, 0.6) is 5.75 Å². The minimum absolute atomic E-state index is 0.00117. The molecule has 0 aliphatic rings. The summed E-state index contributed by atoms with van der Waals surface area (Å²) < 4.78 is 35.3. The summed E-state index contributed by atoms with van der Waals surface area (Å²) in [7, 11) is -2.89. The number of carbonyl (C=O) groups excluding carboxylic acids is 2. The fourth-order valence-electron chi connectivity index (χ4n) is 5.17. The summed E-state index contributed by atoms with van der Waals surface area (Å²) in [6, 6.07) is 27.0. The van der Waals surface area contributed by atoms with Crippen LogP contribution in [0.1, 0.15) is 42.5 Å². The monoisotopic (exact) mass is 675 g/mol. The molecule has 0 bridgehead atoms. The van der Waals surface area contributed by atoms with Gasteiger partial charge in [0.05, 0.1) is 17.7 Å². The Morgan fingerprint density at radius 2 is 1.57 bits per heavy atom. The molecule has 2 amide bonds. The predicted octanol–water partition coefficient (Wildman–Crippen LogP) is 6.72. The molecular weight excluding hydrogens is 634 g/mol. The second kappa shape index (κ2) is 16.0. The summed E-state index contributed by atoms with van der Waals surface area (Å²) in [6.07, 6.45) is 0.929. The Kier molecular flexibility index (Phi) is 12.1. The van der Waals surface area contributed by atoms with E-state index in [2.05, 4.69) is 5.32 Å². The van der Waals surface area contributed by atoms with Gasteiger partial charge in [-0.2, -0.15) is 0 Å². The Labute approximate surface area is 283 Å². The van der Waals surface area contributed by atoms with Crippen molar-refractivity contribution >= 4 is 39.1 Å². The number of sulfonamides is 1. The molecule has 0 saturated heterocycles. The third kappa shape index (κ3) is 8.93. The zero-order valence-electron chi connectivity index (χ0n) is 27.4. The molecule has 0 aliphatic carbocycles. The maximum atomic E-state index is 14.7. The van der Waals surface area contributed by atoms with E-state index in [1.165, 1.54) is 30.2 Å². The second-order valence-corrected chi connectivity index (χ2v) is 13.9. The molecular formula is C37H42ClN3O5S. The molecule has 10 heteroatoms. The lowest BCUT2D eigenvalue weighted by atomic mass is 10.0. The van der Waals surface area contributed by atoms with E-state index in [4.69, 9.17) is 16.3 Å². The molecule has 47 heavy (non-hydrogen) atoms. The average molecular weight is 676 g/mol. The number of rotatable bonds is 14. The molecule has 0 unspecified atom stereocenters. The lowest BCUT2D eigenvalue weighted by Crippen LogP contribution is -2.54. The van der Waals surface area contributed by atoms with Crippen molar-refractivity contribution in [1.29, 1.82) is 0 Å². The molecule has 2 atom stereocenters. The predicted molar refractivity (Wildman–Crippen MR) is 187 cm³/mol. The highest BCUT2D eigenvalue weighted by molar-refractivity contribution is 7.92. The minimum Gasteiger partial charge on any atom is -0.495 e. The quantitative estimate of drug-likeness (QED) is 0.160. The zero-order chi connectivity index (χ0) is 34.1. The first-order chi connectivity index (χ1) is 22.4. The van der Waals surface area contributed by atoms with Crippen LogP contribution in [0.4, 0.5) is 5.69 Å². The van der Waals surface area contributed by atoms with Gasteiger partial charge in [0.15, 0.2) is 0 Å². The molecule has 0 saturated carbocycles. The molecule has 1 N–H and O–H groups in total. The van der Waals surface area contributed by atoms with Gasteiger partial charge in [0.2, 0.25) is 11.8 Å². The van der Waals surface area contributed by atoms with Gasteiger partial charge in [-0.1, -0.05) is 90.8 Å². The number of benzene rings is 4. The molecule has 8 nitrogen and oxygen atoms in total. The number of anilines is 1. The van der Waals surface area contributed by atoms with E-state index in [-0.39, 0.29) is 46.3 Å². The standard InChI is InChI=1S/C37H42ClN3O5S/c1-6-28(4)39-37(43)34(22-29-13-8-7-9-14-29)40(24-30-15-11-10-12-27(30)3)36(42)25-41(33-23-31(38)18-21-35(33)46-5)47(44,45)32-19-16-26(2)17-20-32/h7-21,23,28,34H,6,22,24-25H2,1-5H3,(H,39,43)/t28-,34-/m1/s1. The van der Waals surface area contributed by atoms with E-state index in [1.54, 1.807) is 24.3 Å². The fraction of sp³-hybridized carbons (Fsp3) is 0.297. The molecule has 0 aliphatic heterocycles. The van der Waals surface area contributed by atoms with Gasteiger partial charge >= 0.3 is 0 Å². The molecule has 0 fully saturated rings. The summed E-state index contributed by atoms with van der Waals surface area (Å²) in [5, 5.41) is 3.32. The molecule has 4 aromatic rings. The molecule has 4 aromatic carbocycles. The Bertz CT molecular complexity index is 1780. The second-order valence-electron chi connectivity index (χ2n) is 11.6. The van der Waals surface area contributed by atoms with E-state index in [9.17, 15) is 18.0 Å². The molecule has 0 radical (unpaired) electrons. The smallest absolute Gasteiger partial charge is 0.264 e. The molecule has 0 spiro atoms. The average Bonchev–Trinajstić information content (AvgIpc) is 3.06. The molecule has 4 rings (SSSR count). The van der Waals surface area contributed by atoms with Crippen LogP contribution in [0.3, 0.4) is 0 Å². The van der Waals surface area contributed by atoms with Crippen LogP contribution in [0, 0.1) is 13.8 Å². The third-order valence-corrected chi connectivity index (χ3v) is 10.2. The van der Waals surface area contributed by atoms with Gasteiger partial charge in [0.25, 0.3) is 10.0 Å². The Hall–Kier alpha value is -4.34. The first-order valence-electron chi connectivity index (χ1n) is 15.6. The SMILES string of the molecule is CC[C@@H](C)NC(=O)[C@@H](Cc1ccccc1)N(Cc1ccccc1C)C(=O)CN(c1cc(Cl)ccc1OC)S(=O)(=O)c1ccc(C)cc1. The van der Waals surface area contributed by atoms with Gasteiger partial charge in [-0.15, -0.1) is 0 Å². The number of carbonyl (C=O) groups is 2. The fourth-order valence-corrected chi connectivity index (χ4v) is 6.76. The molecule has 248 valence electrons. The van der Waals surface area contributed by atoms with Crippen LogP contribution in [0.2, 0.25) is 5.02 Å². The zero-order valence-corrected chi connectivity index (χ0v) is 29.0. The summed E-state index contributed by atoms with van der Waals surface area (Å²) in [4.78, 5) is 30.2. The molecule has 0 heterocycles. The van der Waals surface area contributed by atoms with Crippen LogP contribution in [-0.2, 0) is 32.6 Å². The number of hydrogen-bond acceptors (Lipinski definition) is 5. The van der Waals surface area contributed by atoms with Crippen LogP contribution in [-0.4, -0.2) is 50.9 Å². The summed E-state index contributed by atoms with van der Waals surface area (Å²) in [5.74, 6) is -0.664. The molecule has 0 aromatic heterocycles. The first kappa shape index (κ1) is 35.5. The van der Waals surface area contributed by atoms with Crippen LogP contribution in [0.15, 0.2) is 102 Å². The van der Waals surface area contributed by atoms with E-state index in [1.807, 2.05) is 82.3 Å². The van der Waals surface area contributed by atoms with E-state index in [0.717, 1.165) is 26.6 Å². The number of methoxy groups -OCH3 is 1. The van der Waals surface area contributed by atoms with Crippen molar-refractivity contribution < 1.29 is 22.7 Å². The van der Waals surface area contributed by atoms with Crippen molar-refractivity contribution in [2.24, 2.45) is 0 Å². The van der Waals surface area contributed by atoms with Crippen molar-refractivity contribution in [2.75, 3.05) is 18.0 Å². The summed E-state index contributed by atoms with van der Waals surface area (Å²) in [6.45, 7) is 7.15. The Morgan fingerprint density at radius 1 is 0.915 bits per heavy atom. The maximum absolute atomic E-state index is 14.7. The Balaban J connectivity index is 1.87. The van der Waals surface area contributed by atoms with E-state index >= 15 is 0 Å².